The molecule has 0 saturated carbocycles. The number of rotatable bonds is 8. The van der Waals surface area contributed by atoms with Crippen LogP contribution >= 0.6 is 0 Å². The average molecular weight is 377 g/mol. The van der Waals surface area contributed by atoms with Crippen molar-refractivity contribution in [1.29, 1.82) is 0 Å². The lowest BCUT2D eigenvalue weighted by Gasteiger charge is -2.31. The molecule has 2 heterocycles. The van der Waals surface area contributed by atoms with E-state index in [2.05, 4.69) is 66.1 Å². The molecule has 1 saturated heterocycles. The highest BCUT2D eigenvalue weighted by Gasteiger charge is 2.23. The third-order valence-corrected chi connectivity index (χ3v) is 5.36. The van der Waals surface area contributed by atoms with Gasteiger partial charge in [-0.1, -0.05) is 27.7 Å². The van der Waals surface area contributed by atoms with E-state index in [1.54, 1.807) is 0 Å². The summed E-state index contributed by atoms with van der Waals surface area (Å²) in [4.78, 5) is 9.39. The number of likely N-dealkylation sites (tertiary alicyclic amines) is 1. The van der Waals surface area contributed by atoms with E-state index in [4.69, 9.17) is 0 Å². The molecule has 27 heavy (non-hydrogen) atoms. The van der Waals surface area contributed by atoms with Gasteiger partial charge in [-0.2, -0.15) is 5.10 Å². The van der Waals surface area contributed by atoms with E-state index in [0.29, 0.717) is 17.9 Å². The van der Waals surface area contributed by atoms with Gasteiger partial charge in [0.05, 0.1) is 5.69 Å². The van der Waals surface area contributed by atoms with Crippen LogP contribution in [0, 0.1) is 5.92 Å². The van der Waals surface area contributed by atoms with Crippen LogP contribution in [0.5, 0.6) is 0 Å². The van der Waals surface area contributed by atoms with Crippen LogP contribution in [0.2, 0.25) is 0 Å². The van der Waals surface area contributed by atoms with Crippen LogP contribution < -0.4 is 5.32 Å². The normalized spacial score (nSPS) is 17.1. The minimum Gasteiger partial charge on any atom is -0.355 e. The first-order valence-corrected chi connectivity index (χ1v) is 10.5. The Morgan fingerprint density at radius 1 is 1.26 bits per heavy atom. The quantitative estimate of drug-likeness (QED) is 0.560. The lowest BCUT2D eigenvalue weighted by Crippen LogP contribution is -2.47. The Hall–Kier alpha value is -1.56. The third-order valence-electron chi connectivity index (χ3n) is 5.36. The molecule has 1 fully saturated rings. The average Bonchev–Trinajstić information content (AvgIpc) is 3.23. The molecule has 0 amide bonds. The van der Waals surface area contributed by atoms with E-state index in [1.807, 2.05) is 18.8 Å². The molecule has 1 aliphatic rings. The first kappa shape index (κ1) is 21.7. The molecule has 0 aromatic carbocycles. The molecular formula is C21H40N6. The SMILES string of the molecule is CN=C(NCC(CC(C)C)N1CCCC1)N(C)Cc1cn(C)nc1C(C)C. The fraction of sp³-hybridized carbons (Fsp3) is 0.810. The van der Waals surface area contributed by atoms with Crippen LogP contribution in [0.3, 0.4) is 0 Å². The maximum Gasteiger partial charge on any atom is 0.193 e. The van der Waals surface area contributed by atoms with Crippen molar-refractivity contribution >= 4 is 5.96 Å². The van der Waals surface area contributed by atoms with E-state index in [0.717, 1.165) is 19.0 Å². The summed E-state index contributed by atoms with van der Waals surface area (Å²) >= 11 is 0. The molecule has 2 rings (SSSR count). The molecule has 0 bridgehead atoms. The Morgan fingerprint density at radius 3 is 2.48 bits per heavy atom. The predicted octanol–water partition coefficient (Wildman–Crippen LogP) is 3.06. The molecule has 0 spiro atoms. The molecule has 1 aliphatic heterocycles. The number of aliphatic imine (C=N–C) groups is 1. The molecule has 1 unspecified atom stereocenters. The van der Waals surface area contributed by atoms with Gasteiger partial charge in [0.1, 0.15) is 0 Å². The van der Waals surface area contributed by atoms with Gasteiger partial charge in [0.2, 0.25) is 0 Å². The second-order valence-electron chi connectivity index (χ2n) is 8.68. The van der Waals surface area contributed by atoms with Gasteiger partial charge < -0.3 is 10.2 Å². The first-order chi connectivity index (χ1) is 12.8. The second kappa shape index (κ2) is 10.1. The van der Waals surface area contributed by atoms with Crippen LogP contribution in [0.15, 0.2) is 11.2 Å². The van der Waals surface area contributed by atoms with Gasteiger partial charge >= 0.3 is 0 Å². The summed E-state index contributed by atoms with van der Waals surface area (Å²) in [6.45, 7) is 13.3. The fourth-order valence-electron chi connectivity index (χ4n) is 4.10. The molecule has 0 aliphatic carbocycles. The van der Waals surface area contributed by atoms with Gasteiger partial charge in [0.15, 0.2) is 5.96 Å². The molecular weight excluding hydrogens is 336 g/mol. The van der Waals surface area contributed by atoms with E-state index in [-0.39, 0.29) is 0 Å². The van der Waals surface area contributed by atoms with Crippen LogP contribution in [-0.4, -0.2) is 65.3 Å². The minimum atomic E-state index is 0.426. The molecule has 1 atom stereocenters. The zero-order valence-electron chi connectivity index (χ0n) is 18.5. The summed E-state index contributed by atoms with van der Waals surface area (Å²) in [5, 5.41) is 8.26. The number of aromatic nitrogens is 2. The van der Waals surface area contributed by atoms with Crippen LogP contribution in [0.25, 0.3) is 0 Å². The standard InChI is InChI=1S/C21H40N6/c1-16(2)12-19(27-10-8-9-11-27)13-23-21(22-5)25(6)14-18-15-26(7)24-20(18)17(3)4/h15-17,19H,8-14H2,1-7H3,(H,22,23). The van der Waals surface area contributed by atoms with E-state index in [1.165, 1.54) is 43.6 Å². The van der Waals surface area contributed by atoms with Crippen molar-refractivity contribution in [1.82, 2.24) is 24.9 Å². The van der Waals surface area contributed by atoms with Crippen molar-refractivity contribution in [2.45, 2.75) is 65.5 Å². The number of aryl methyl sites for hydroxylation is 1. The van der Waals surface area contributed by atoms with Gasteiger partial charge in [-0.3, -0.25) is 14.6 Å². The Labute approximate surface area is 166 Å². The van der Waals surface area contributed by atoms with Crippen LogP contribution in [0.1, 0.15) is 64.1 Å². The van der Waals surface area contributed by atoms with E-state index in [9.17, 15) is 0 Å². The molecule has 1 N–H and O–H groups in total. The zero-order chi connectivity index (χ0) is 20.0. The number of guanidine groups is 1. The molecule has 6 nitrogen and oxygen atoms in total. The molecule has 1 aromatic rings. The van der Waals surface area contributed by atoms with Gasteiger partial charge in [0, 0.05) is 52.0 Å². The van der Waals surface area contributed by atoms with Crippen molar-refractivity contribution in [2.75, 3.05) is 33.7 Å². The maximum absolute atomic E-state index is 4.63. The number of hydrogen-bond donors (Lipinski definition) is 1. The molecule has 154 valence electrons. The second-order valence-corrected chi connectivity index (χ2v) is 8.68. The molecule has 0 radical (unpaired) electrons. The Kier molecular flexibility index (Phi) is 8.14. The van der Waals surface area contributed by atoms with Gasteiger partial charge in [0.25, 0.3) is 0 Å². The number of hydrogen-bond acceptors (Lipinski definition) is 3. The summed E-state index contributed by atoms with van der Waals surface area (Å²) < 4.78 is 1.92. The summed E-state index contributed by atoms with van der Waals surface area (Å²) in [5.41, 5.74) is 2.45. The van der Waals surface area contributed by atoms with E-state index >= 15 is 0 Å². The maximum atomic E-state index is 4.63. The lowest BCUT2D eigenvalue weighted by atomic mass is 10.0. The predicted molar refractivity (Wildman–Crippen MR) is 114 cm³/mol. The summed E-state index contributed by atoms with van der Waals surface area (Å²) in [5.74, 6) is 2.10. The van der Waals surface area contributed by atoms with Crippen molar-refractivity contribution in [3.8, 4) is 0 Å². The summed E-state index contributed by atoms with van der Waals surface area (Å²) in [6, 6.07) is 0.585. The fourth-order valence-corrected chi connectivity index (χ4v) is 4.10. The topological polar surface area (TPSA) is 48.7 Å². The number of nitrogens with one attached hydrogen (secondary N) is 1. The Bertz CT molecular complexity index is 598. The third kappa shape index (κ3) is 6.23. The summed E-state index contributed by atoms with van der Waals surface area (Å²) in [7, 11) is 5.98. The molecule has 1 aromatic heterocycles. The first-order valence-electron chi connectivity index (χ1n) is 10.5. The largest absolute Gasteiger partial charge is 0.355 e. The van der Waals surface area contributed by atoms with Crippen molar-refractivity contribution in [3.63, 3.8) is 0 Å². The lowest BCUT2D eigenvalue weighted by molar-refractivity contribution is 0.211. The van der Waals surface area contributed by atoms with Crippen molar-refractivity contribution in [2.24, 2.45) is 18.0 Å². The Balaban J connectivity index is 1.98. The monoisotopic (exact) mass is 376 g/mol. The van der Waals surface area contributed by atoms with Crippen LogP contribution in [0.4, 0.5) is 0 Å². The molecule has 6 heteroatoms. The van der Waals surface area contributed by atoms with Gasteiger partial charge in [-0.15, -0.1) is 0 Å². The van der Waals surface area contributed by atoms with Crippen LogP contribution in [-0.2, 0) is 13.6 Å². The van der Waals surface area contributed by atoms with Crippen molar-refractivity contribution < 1.29 is 0 Å². The smallest absolute Gasteiger partial charge is 0.193 e. The minimum absolute atomic E-state index is 0.426. The summed E-state index contributed by atoms with van der Waals surface area (Å²) in [6.07, 6.45) is 6.03. The van der Waals surface area contributed by atoms with Gasteiger partial charge in [-0.05, 0) is 44.2 Å². The van der Waals surface area contributed by atoms with Crippen molar-refractivity contribution in [3.05, 3.63) is 17.5 Å². The highest BCUT2D eigenvalue weighted by atomic mass is 15.3. The highest BCUT2D eigenvalue weighted by Crippen LogP contribution is 2.19. The van der Waals surface area contributed by atoms with Gasteiger partial charge in [-0.25, -0.2) is 0 Å². The number of nitrogens with zero attached hydrogens (tertiary/aromatic N) is 5. The zero-order valence-corrected chi connectivity index (χ0v) is 18.5. The highest BCUT2D eigenvalue weighted by molar-refractivity contribution is 5.79. The van der Waals surface area contributed by atoms with E-state index < -0.39 is 0 Å². The Morgan fingerprint density at radius 2 is 1.93 bits per heavy atom.